The van der Waals surface area contributed by atoms with E-state index in [0.717, 1.165) is 5.56 Å². The molecule has 2 heterocycles. The maximum atomic E-state index is 13.3. The maximum absolute atomic E-state index is 13.3. The second-order valence-electron chi connectivity index (χ2n) is 9.07. The summed E-state index contributed by atoms with van der Waals surface area (Å²) in [6, 6.07) is 16.2. The fraction of sp³-hybridized carbons (Fsp3) is 0.222. The van der Waals surface area contributed by atoms with Gasteiger partial charge < -0.3 is 9.84 Å². The highest BCUT2D eigenvalue weighted by atomic mass is 35.5. The predicted octanol–water partition coefficient (Wildman–Crippen LogP) is 5.67. The average Bonchev–Trinajstić information content (AvgIpc) is 3.09. The van der Waals surface area contributed by atoms with E-state index in [4.69, 9.17) is 16.3 Å². The van der Waals surface area contributed by atoms with Crippen molar-refractivity contribution in [2.75, 3.05) is 12.0 Å². The van der Waals surface area contributed by atoms with Gasteiger partial charge in [0.2, 0.25) is 0 Å². The van der Waals surface area contributed by atoms with E-state index in [1.807, 2.05) is 20.8 Å². The zero-order valence-corrected chi connectivity index (χ0v) is 20.1. The van der Waals surface area contributed by atoms with Gasteiger partial charge in [0, 0.05) is 28.0 Å². The van der Waals surface area contributed by atoms with Crippen molar-refractivity contribution in [3.63, 3.8) is 0 Å². The van der Waals surface area contributed by atoms with Gasteiger partial charge in [-0.25, -0.2) is 0 Å². The number of nitrogens with zero attached hydrogens (tertiary/aromatic N) is 2. The van der Waals surface area contributed by atoms with Crippen molar-refractivity contribution < 1.29 is 19.4 Å². The molecule has 2 aromatic carbocycles. The van der Waals surface area contributed by atoms with Crippen molar-refractivity contribution in [1.29, 1.82) is 0 Å². The Morgan fingerprint density at radius 3 is 2.35 bits per heavy atom. The third kappa shape index (κ3) is 4.17. The second kappa shape index (κ2) is 8.95. The summed E-state index contributed by atoms with van der Waals surface area (Å²) in [5.41, 5.74) is 1.91. The minimum absolute atomic E-state index is 0.0244. The van der Waals surface area contributed by atoms with Gasteiger partial charge in [-0.05, 0) is 60.0 Å². The van der Waals surface area contributed by atoms with Crippen LogP contribution >= 0.6 is 11.6 Å². The number of ketones is 1. The smallest absolute Gasteiger partial charge is 0.300 e. The lowest BCUT2D eigenvalue weighted by atomic mass is 9.84. The number of aromatic nitrogens is 1. The van der Waals surface area contributed by atoms with Crippen LogP contribution in [0.25, 0.3) is 5.76 Å². The molecule has 1 aliphatic rings. The molecule has 6 nitrogen and oxygen atoms in total. The molecule has 34 heavy (non-hydrogen) atoms. The van der Waals surface area contributed by atoms with Gasteiger partial charge in [0.25, 0.3) is 11.7 Å². The lowest BCUT2D eigenvalue weighted by Gasteiger charge is -2.25. The third-order valence-electron chi connectivity index (χ3n) is 5.80. The number of aliphatic hydroxyl groups is 1. The maximum Gasteiger partial charge on any atom is 0.300 e. The molecule has 0 bridgehead atoms. The number of anilines is 1. The molecule has 1 aliphatic heterocycles. The number of methoxy groups -OCH3 is 1. The molecule has 1 saturated heterocycles. The summed E-state index contributed by atoms with van der Waals surface area (Å²) in [6.45, 7) is 6.09. The van der Waals surface area contributed by atoms with Gasteiger partial charge in [-0.3, -0.25) is 19.5 Å². The van der Waals surface area contributed by atoms with Crippen LogP contribution in [0.2, 0.25) is 5.02 Å². The Morgan fingerprint density at radius 1 is 1.06 bits per heavy atom. The van der Waals surface area contributed by atoms with Gasteiger partial charge in [0.15, 0.2) is 0 Å². The number of rotatable bonds is 4. The first-order valence-corrected chi connectivity index (χ1v) is 11.2. The van der Waals surface area contributed by atoms with Crippen LogP contribution in [-0.4, -0.2) is 28.9 Å². The Kier molecular flexibility index (Phi) is 6.19. The number of carbonyl (C=O) groups excluding carboxylic acids is 2. The van der Waals surface area contributed by atoms with Crippen molar-refractivity contribution in [2.24, 2.45) is 0 Å². The van der Waals surface area contributed by atoms with Crippen molar-refractivity contribution in [3.05, 3.63) is 94.3 Å². The highest BCUT2D eigenvalue weighted by Crippen LogP contribution is 2.42. The Morgan fingerprint density at radius 2 is 1.76 bits per heavy atom. The van der Waals surface area contributed by atoms with Gasteiger partial charge in [-0.2, -0.15) is 0 Å². The highest BCUT2D eigenvalue weighted by Gasteiger charge is 2.47. The van der Waals surface area contributed by atoms with Crippen molar-refractivity contribution in [2.45, 2.75) is 32.2 Å². The van der Waals surface area contributed by atoms with E-state index < -0.39 is 17.7 Å². The van der Waals surface area contributed by atoms with E-state index in [1.165, 1.54) is 4.90 Å². The van der Waals surface area contributed by atoms with Gasteiger partial charge in [0.05, 0.1) is 18.4 Å². The Hall–Kier alpha value is -3.64. The molecule has 0 spiro atoms. The average molecular weight is 477 g/mol. The van der Waals surface area contributed by atoms with Crippen LogP contribution in [0.15, 0.2) is 72.4 Å². The number of amides is 1. The summed E-state index contributed by atoms with van der Waals surface area (Å²) in [5.74, 6) is -1.12. The van der Waals surface area contributed by atoms with Gasteiger partial charge >= 0.3 is 0 Å². The van der Waals surface area contributed by atoms with Crippen LogP contribution in [0.3, 0.4) is 0 Å². The van der Waals surface area contributed by atoms with Crippen molar-refractivity contribution in [3.8, 4) is 5.75 Å². The van der Waals surface area contributed by atoms with E-state index >= 15 is 0 Å². The lowest BCUT2D eigenvalue weighted by Crippen LogP contribution is -2.29. The number of ether oxygens (including phenoxy) is 1. The number of carbonyl (C=O) groups is 2. The summed E-state index contributed by atoms with van der Waals surface area (Å²) >= 11 is 6.03. The molecule has 1 amide bonds. The molecule has 0 saturated carbocycles. The van der Waals surface area contributed by atoms with E-state index in [0.29, 0.717) is 27.7 Å². The van der Waals surface area contributed by atoms with E-state index in [-0.39, 0.29) is 16.7 Å². The molecule has 1 atom stereocenters. The zero-order valence-electron chi connectivity index (χ0n) is 19.4. The van der Waals surface area contributed by atoms with E-state index in [9.17, 15) is 14.7 Å². The summed E-state index contributed by atoms with van der Waals surface area (Å²) in [5, 5.41) is 11.9. The standard InChI is InChI=1S/C27H25ClN2O4/c1-27(2,3)19-15-16(8-13-21(19)34-4)24(31)22-23(20-7-5-6-14-29-20)30(26(33)25(22)32)18-11-9-17(28)10-12-18/h5-15,23,31H,1-4H3/b24-22-. The molecule has 0 radical (unpaired) electrons. The van der Waals surface area contributed by atoms with Crippen LogP contribution in [0.5, 0.6) is 5.75 Å². The number of hydrogen-bond acceptors (Lipinski definition) is 5. The number of aliphatic hydroxyl groups excluding tert-OH is 1. The van der Waals surface area contributed by atoms with Gasteiger partial charge in [-0.1, -0.05) is 38.4 Å². The second-order valence-corrected chi connectivity index (χ2v) is 9.50. The SMILES string of the molecule is COc1ccc(/C(O)=C2/C(=O)C(=O)N(c3ccc(Cl)cc3)C2c2ccccn2)cc1C(C)(C)C. The first-order chi connectivity index (χ1) is 16.1. The Labute approximate surface area is 203 Å². The molecular formula is C27H25ClN2O4. The molecule has 4 rings (SSSR count). The monoisotopic (exact) mass is 476 g/mol. The summed E-state index contributed by atoms with van der Waals surface area (Å²) in [4.78, 5) is 32.2. The molecule has 174 valence electrons. The first-order valence-electron chi connectivity index (χ1n) is 10.8. The zero-order chi connectivity index (χ0) is 24.6. The molecule has 1 aromatic heterocycles. The molecule has 1 unspecified atom stereocenters. The molecule has 1 N–H and O–H groups in total. The van der Waals surface area contributed by atoms with Crippen LogP contribution in [0.1, 0.15) is 43.6 Å². The van der Waals surface area contributed by atoms with Crippen LogP contribution in [0.4, 0.5) is 5.69 Å². The Balaban J connectivity index is 1.94. The van der Waals surface area contributed by atoms with Crippen LogP contribution in [-0.2, 0) is 15.0 Å². The summed E-state index contributed by atoms with van der Waals surface area (Å²) in [6.07, 6.45) is 1.59. The van der Waals surface area contributed by atoms with Gasteiger partial charge in [0.1, 0.15) is 17.6 Å². The Bertz CT molecular complexity index is 1280. The largest absolute Gasteiger partial charge is 0.507 e. The summed E-state index contributed by atoms with van der Waals surface area (Å²) in [7, 11) is 1.59. The third-order valence-corrected chi connectivity index (χ3v) is 6.05. The first kappa shape index (κ1) is 23.5. The molecule has 0 aliphatic carbocycles. The molecule has 7 heteroatoms. The fourth-order valence-corrected chi connectivity index (χ4v) is 4.24. The van der Waals surface area contributed by atoms with E-state index in [1.54, 1.807) is 74.0 Å². The number of pyridine rings is 1. The van der Waals surface area contributed by atoms with E-state index in [2.05, 4.69) is 4.98 Å². The minimum atomic E-state index is -0.900. The van der Waals surface area contributed by atoms with Crippen molar-refractivity contribution >= 4 is 34.7 Å². The number of benzene rings is 2. The quantitative estimate of drug-likeness (QED) is 0.298. The predicted molar refractivity (Wildman–Crippen MR) is 132 cm³/mol. The van der Waals surface area contributed by atoms with Gasteiger partial charge in [-0.15, -0.1) is 0 Å². The lowest BCUT2D eigenvalue weighted by molar-refractivity contribution is -0.132. The van der Waals surface area contributed by atoms with Crippen LogP contribution in [0, 0.1) is 0 Å². The minimum Gasteiger partial charge on any atom is -0.507 e. The van der Waals surface area contributed by atoms with Crippen molar-refractivity contribution in [1.82, 2.24) is 4.98 Å². The molecular weight excluding hydrogens is 452 g/mol. The normalized spacial score (nSPS) is 17.8. The number of hydrogen-bond donors (Lipinski definition) is 1. The summed E-state index contributed by atoms with van der Waals surface area (Å²) < 4.78 is 5.50. The number of Topliss-reactive ketones (excluding diaryl/α,β-unsaturated/α-hetero) is 1. The topological polar surface area (TPSA) is 79.7 Å². The van der Waals surface area contributed by atoms with Crippen LogP contribution < -0.4 is 9.64 Å². The fourth-order valence-electron chi connectivity index (χ4n) is 4.11. The molecule has 1 fully saturated rings. The molecule has 3 aromatic rings. The number of halogens is 1. The highest BCUT2D eigenvalue weighted by molar-refractivity contribution is 6.51.